The lowest BCUT2D eigenvalue weighted by atomic mass is 10.1. The van der Waals surface area contributed by atoms with E-state index in [0.717, 1.165) is 36.7 Å². The highest BCUT2D eigenvalue weighted by Crippen LogP contribution is 2.26. The molecule has 1 aliphatic rings. The summed E-state index contributed by atoms with van der Waals surface area (Å²) in [5.74, 6) is 1.23. The third-order valence-corrected chi connectivity index (χ3v) is 4.58. The maximum atomic E-state index is 12.7. The smallest absolute Gasteiger partial charge is 0.253 e. The number of carbonyl (C=O) groups is 1. The van der Waals surface area contributed by atoms with Crippen LogP contribution < -0.4 is 5.32 Å². The Morgan fingerprint density at radius 3 is 2.88 bits per heavy atom. The molecule has 0 aliphatic carbocycles. The van der Waals surface area contributed by atoms with Crippen molar-refractivity contribution in [2.24, 2.45) is 0 Å². The third kappa shape index (κ3) is 3.21. The summed E-state index contributed by atoms with van der Waals surface area (Å²) in [5.41, 5.74) is 2.78. The predicted octanol–water partition coefficient (Wildman–Crippen LogP) is 2.37. The minimum Gasteiger partial charge on any atom is -0.379 e. The Morgan fingerprint density at radius 1 is 1.46 bits per heavy atom. The molecule has 0 bridgehead atoms. The zero-order valence-electron chi connectivity index (χ0n) is 14.7. The van der Waals surface area contributed by atoms with E-state index in [1.54, 1.807) is 0 Å². The van der Waals surface area contributed by atoms with Crippen LogP contribution in [0.5, 0.6) is 0 Å². The molecule has 2 unspecified atom stereocenters. The Bertz CT molecular complexity index is 727. The van der Waals surface area contributed by atoms with Gasteiger partial charge in [-0.15, -0.1) is 0 Å². The van der Waals surface area contributed by atoms with Crippen molar-refractivity contribution >= 4 is 5.91 Å². The first-order valence-electron chi connectivity index (χ1n) is 8.43. The van der Waals surface area contributed by atoms with Crippen molar-refractivity contribution in [3.05, 3.63) is 34.7 Å². The monoisotopic (exact) mass is 331 g/mol. The van der Waals surface area contributed by atoms with Gasteiger partial charge in [-0.2, -0.15) is 5.10 Å². The normalized spacial score (nSPS) is 19.2. The van der Waals surface area contributed by atoms with E-state index in [2.05, 4.69) is 25.1 Å². The molecule has 2 N–H and O–H groups in total. The molecule has 2 atom stereocenters. The Hall–Kier alpha value is -2.15. The molecule has 1 fully saturated rings. The van der Waals surface area contributed by atoms with Crippen molar-refractivity contribution in [2.75, 3.05) is 13.2 Å². The van der Waals surface area contributed by atoms with Crippen LogP contribution in [0.4, 0.5) is 0 Å². The van der Waals surface area contributed by atoms with Crippen LogP contribution in [0, 0.1) is 20.8 Å². The van der Waals surface area contributed by atoms with Crippen LogP contribution in [0.2, 0.25) is 0 Å². The van der Waals surface area contributed by atoms with Crippen LogP contribution in [0.3, 0.4) is 0 Å². The zero-order valence-corrected chi connectivity index (χ0v) is 14.7. The number of ether oxygens (including phenoxy) is 1. The highest BCUT2D eigenvalue weighted by molar-refractivity contribution is 5.95. The van der Waals surface area contributed by atoms with Gasteiger partial charge in [0.2, 0.25) is 0 Å². The molecular formula is C17H25N5O2. The lowest BCUT2D eigenvalue weighted by Crippen LogP contribution is -2.28. The molecule has 0 spiro atoms. The summed E-state index contributed by atoms with van der Waals surface area (Å²) in [7, 11) is 0. The molecule has 3 heterocycles. The maximum absolute atomic E-state index is 12.7. The van der Waals surface area contributed by atoms with E-state index < -0.39 is 0 Å². The second-order valence-electron chi connectivity index (χ2n) is 6.50. The van der Waals surface area contributed by atoms with Gasteiger partial charge >= 0.3 is 0 Å². The van der Waals surface area contributed by atoms with Gasteiger partial charge in [0.1, 0.15) is 5.82 Å². The number of amides is 1. The highest BCUT2D eigenvalue weighted by atomic mass is 16.5. The van der Waals surface area contributed by atoms with Crippen LogP contribution in [-0.4, -0.2) is 38.9 Å². The quantitative estimate of drug-likeness (QED) is 0.901. The Morgan fingerprint density at radius 2 is 2.25 bits per heavy atom. The molecule has 2 aromatic heterocycles. The van der Waals surface area contributed by atoms with Crippen molar-refractivity contribution in [1.29, 1.82) is 0 Å². The van der Waals surface area contributed by atoms with Crippen LogP contribution >= 0.6 is 0 Å². The number of nitrogens with one attached hydrogen (secondary N) is 2. The van der Waals surface area contributed by atoms with E-state index in [0.29, 0.717) is 24.0 Å². The maximum Gasteiger partial charge on any atom is 0.253 e. The van der Waals surface area contributed by atoms with Gasteiger partial charge < -0.3 is 14.6 Å². The van der Waals surface area contributed by atoms with E-state index in [1.807, 2.05) is 33.8 Å². The molecule has 24 heavy (non-hydrogen) atoms. The Labute approximate surface area is 141 Å². The van der Waals surface area contributed by atoms with E-state index in [-0.39, 0.29) is 11.9 Å². The Kier molecular flexibility index (Phi) is 4.71. The zero-order chi connectivity index (χ0) is 17.3. The fourth-order valence-electron chi connectivity index (χ4n) is 3.39. The molecule has 7 nitrogen and oxygen atoms in total. The number of aromatic amines is 1. The lowest BCUT2D eigenvalue weighted by Gasteiger charge is -2.26. The molecule has 0 aromatic carbocycles. The molecule has 1 saturated heterocycles. The number of nitrogens with zero attached hydrogens (tertiary/aromatic N) is 3. The number of carbonyl (C=O) groups excluding carboxylic acids is 1. The van der Waals surface area contributed by atoms with Crippen LogP contribution in [0.15, 0.2) is 6.07 Å². The van der Waals surface area contributed by atoms with Gasteiger partial charge in [-0.05, 0) is 46.6 Å². The van der Waals surface area contributed by atoms with Gasteiger partial charge in [0.15, 0.2) is 5.82 Å². The lowest BCUT2D eigenvalue weighted by molar-refractivity contribution is 0.0579. The highest BCUT2D eigenvalue weighted by Gasteiger charge is 2.24. The molecule has 2 aromatic rings. The van der Waals surface area contributed by atoms with Gasteiger partial charge in [0, 0.05) is 18.0 Å². The van der Waals surface area contributed by atoms with Crippen molar-refractivity contribution < 1.29 is 9.53 Å². The number of hydrogen-bond acceptors (Lipinski definition) is 4. The fraction of sp³-hybridized carbons (Fsp3) is 0.588. The minimum absolute atomic E-state index is 0.0963. The van der Waals surface area contributed by atoms with Crippen LogP contribution in [-0.2, 0) is 4.74 Å². The summed E-state index contributed by atoms with van der Waals surface area (Å²) in [6, 6.07) is 2.02. The molecule has 3 rings (SSSR count). The number of aromatic nitrogens is 4. The summed E-state index contributed by atoms with van der Waals surface area (Å²) < 4.78 is 7.83. The molecule has 1 aliphatic heterocycles. The van der Waals surface area contributed by atoms with Crippen molar-refractivity contribution in [1.82, 2.24) is 25.1 Å². The summed E-state index contributed by atoms with van der Waals surface area (Å²) >= 11 is 0. The standard InChI is InChI=1S/C17H25N5O2/c1-10-8-15(12(3)22(10)14-6-5-7-24-9-14)17(23)18-11(2)16-19-13(4)20-21-16/h8,11,14H,5-7,9H2,1-4H3,(H,18,23)(H,19,20,21). The largest absolute Gasteiger partial charge is 0.379 e. The van der Waals surface area contributed by atoms with Gasteiger partial charge in [0.05, 0.1) is 24.3 Å². The number of H-pyrrole nitrogens is 1. The topological polar surface area (TPSA) is 84.8 Å². The number of aryl methyl sites for hydroxylation is 2. The van der Waals surface area contributed by atoms with E-state index >= 15 is 0 Å². The third-order valence-electron chi connectivity index (χ3n) is 4.58. The number of hydrogen-bond donors (Lipinski definition) is 2. The van der Waals surface area contributed by atoms with Crippen LogP contribution in [0.25, 0.3) is 0 Å². The molecule has 1 amide bonds. The second-order valence-corrected chi connectivity index (χ2v) is 6.50. The molecule has 130 valence electrons. The van der Waals surface area contributed by atoms with Gasteiger partial charge in [-0.1, -0.05) is 0 Å². The van der Waals surface area contributed by atoms with Crippen molar-refractivity contribution in [2.45, 2.75) is 52.6 Å². The SMILES string of the molecule is Cc1nc(C(C)NC(=O)c2cc(C)n(C3CCCOC3)c2C)n[nH]1. The van der Waals surface area contributed by atoms with E-state index in [1.165, 1.54) is 0 Å². The van der Waals surface area contributed by atoms with Crippen molar-refractivity contribution in [3.8, 4) is 0 Å². The summed E-state index contributed by atoms with van der Waals surface area (Å²) in [5, 5.41) is 9.89. The Balaban J connectivity index is 1.77. The summed E-state index contributed by atoms with van der Waals surface area (Å²) in [6.07, 6.45) is 2.15. The summed E-state index contributed by atoms with van der Waals surface area (Å²) in [4.78, 5) is 17.0. The average Bonchev–Trinajstić information content (AvgIpc) is 3.12. The molecule has 7 heteroatoms. The van der Waals surface area contributed by atoms with E-state index in [4.69, 9.17) is 4.74 Å². The van der Waals surface area contributed by atoms with E-state index in [9.17, 15) is 4.79 Å². The van der Waals surface area contributed by atoms with Crippen molar-refractivity contribution in [3.63, 3.8) is 0 Å². The molecule has 0 radical (unpaired) electrons. The summed E-state index contributed by atoms with van der Waals surface area (Å²) in [6.45, 7) is 9.30. The first-order valence-corrected chi connectivity index (χ1v) is 8.43. The fourth-order valence-corrected chi connectivity index (χ4v) is 3.39. The first kappa shape index (κ1) is 16.7. The van der Waals surface area contributed by atoms with Gasteiger partial charge in [-0.25, -0.2) is 4.98 Å². The van der Waals surface area contributed by atoms with Gasteiger partial charge in [-0.3, -0.25) is 9.89 Å². The second kappa shape index (κ2) is 6.76. The predicted molar refractivity (Wildman–Crippen MR) is 90.0 cm³/mol. The molecular weight excluding hydrogens is 306 g/mol. The minimum atomic E-state index is -0.247. The van der Waals surface area contributed by atoms with Crippen LogP contribution in [0.1, 0.15) is 65.2 Å². The first-order chi connectivity index (χ1) is 11.5. The average molecular weight is 331 g/mol. The number of rotatable bonds is 4. The van der Waals surface area contributed by atoms with Gasteiger partial charge in [0.25, 0.3) is 5.91 Å². The molecule has 0 saturated carbocycles.